The Balaban J connectivity index is 2.95. The van der Waals surface area contributed by atoms with Crippen molar-refractivity contribution in [2.24, 2.45) is 0 Å². The van der Waals surface area contributed by atoms with Gasteiger partial charge in [-0.15, -0.1) is 0 Å². The van der Waals surface area contributed by atoms with Crippen molar-refractivity contribution < 1.29 is 9.94 Å². The molecule has 0 aliphatic carbocycles. The second-order valence-corrected chi connectivity index (χ2v) is 1.85. The van der Waals surface area contributed by atoms with Gasteiger partial charge in [0, 0.05) is 20.2 Å². The molecule has 0 aromatic rings. The highest BCUT2D eigenvalue weighted by Gasteiger charge is 1.93. The molecule has 0 rings (SSSR count). The Morgan fingerprint density at radius 1 is 1.56 bits per heavy atom. The first-order valence-electron chi connectivity index (χ1n) is 3.26. The molecular weight excluding hydrogens is 118 g/mol. The van der Waals surface area contributed by atoms with Crippen molar-refractivity contribution in [2.75, 3.05) is 26.8 Å². The lowest BCUT2D eigenvalue weighted by molar-refractivity contribution is -0.136. The molecule has 0 amide bonds. The third-order valence-electron chi connectivity index (χ3n) is 0.981. The second kappa shape index (κ2) is 6.01. The largest absolute Gasteiger partial charge is 0.396 e. The van der Waals surface area contributed by atoms with Gasteiger partial charge in [0.2, 0.25) is 0 Å². The molecule has 56 valence electrons. The van der Waals surface area contributed by atoms with Crippen LogP contribution in [0.5, 0.6) is 0 Å². The molecule has 9 heavy (non-hydrogen) atoms. The normalized spacial score (nSPS) is 10.7. The lowest BCUT2D eigenvalue weighted by Gasteiger charge is -2.13. The maximum atomic E-state index is 8.40. The molecule has 0 aliphatic heterocycles. The van der Waals surface area contributed by atoms with Crippen LogP contribution in [-0.4, -0.2) is 37.0 Å². The van der Waals surface area contributed by atoms with Gasteiger partial charge in [-0.3, -0.25) is 4.84 Å². The molecular formula is C6H15NO2. The van der Waals surface area contributed by atoms with E-state index in [0.29, 0.717) is 6.61 Å². The van der Waals surface area contributed by atoms with Crippen LogP contribution in [-0.2, 0) is 4.84 Å². The summed E-state index contributed by atoms with van der Waals surface area (Å²) in [5.41, 5.74) is 0. The maximum absolute atomic E-state index is 8.40. The van der Waals surface area contributed by atoms with Crippen molar-refractivity contribution in [3.8, 4) is 0 Å². The third kappa shape index (κ3) is 5.76. The molecule has 0 aromatic heterocycles. The Labute approximate surface area is 56.2 Å². The summed E-state index contributed by atoms with van der Waals surface area (Å²) in [7, 11) is 1.86. The number of nitrogens with zero attached hydrogens (tertiary/aromatic N) is 1. The Kier molecular flexibility index (Phi) is 5.93. The van der Waals surface area contributed by atoms with Crippen LogP contribution < -0.4 is 0 Å². The first kappa shape index (κ1) is 8.88. The van der Waals surface area contributed by atoms with Crippen molar-refractivity contribution in [3.63, 3.8) is 0 Å². The Morgan fingerprint density at radius 3 is 2.67 bits per heavy atom. The Morgan fingerprint density at radius 2 is 2.22 bits per heavy atom. The minimum Gasteiger partial charge on any atom is -0.396 e. The van der Waals surface area contributed by atoms with E-state index in [1.807, 2.05) is 14.0 Å². The Hall–Kier alpha value is -0.120. The summed E-state index contributed by atoms with van der Waals surface area (Å²) in [5.74, 6) is 0. The molecule has 0 heterocycles. The van der Waals surface area contributed by atoms with E-state index in [1.54, 1.807) is 5.06 Å². The first-order valence-corrected chi connectivity index (χ1v) is 3.26. The minimum atomic E-state index is 0.234. The highest BCUT2D eigenvalue weighted by atomic mass is 16.7. The van der Waals surface area contributed by atoms with Crippen LogP contribution in [0.4, 0.5) is 0 Å². The lowest BCUT2D eigenvalue weighted by atomic mass is 10.4. The summed E-state index contributed by atoms with van der Waals surface area (Å²) in [6.07, 6.45) is 0.774. The van der Waals surface area contributed by atoms with E-state index < -0.39 is 0 Å². The van der Waals surface area contributed by atoms with Gasteiger partial charge in [-0.1, -0.05) is 0 Å². The summed E-state index contributed by atoms with van der Waals surface area (Å²) in [6.45, 7) is 3.67. The van der Waals surface area contributed by atoms with Crippen LogP contribution in [0, 0.1) is 0 Å². The SMILES string of the molecule is CCON(C)CCCO. The molecule has 0 saturated heterocycles. The number of hydrogen-bond acceptors (Lipinski definition) is 3. The fourth-order valence-electron chi connectivity index (χ4n) is 0.578. The third-order valence-corrected chi connectivity index (χ3v) is 0.981. The predicted molar refractivity (Wildman–Crippen MR) is 36.0 cm³/mol. The standard InChI is InChI=1S/C6H15NO2/c1-3-9-7(2)5-4-6-8/h8H,3-6H2,1-2H3. The number of rotatable bonds is 5. The molecule has 0 aliphatic rings. The average molecular weight is 133 g/mol. The van der Waals surface area contributed by atoms with E-state index in [2.05, 4.69) is 0 Å². The molecule has 0 unspecified atom stereocenters. The zero-order chi connectivity index (χ0) is 7.11. The minimum absolute atomic E-state index is 0.234. The highest BCUT2D eigenvalue weighted by Crippen LogP contribution is 1.86. The summed E-state index contributed by atoms with van der Waals surface area (Å²) < 4.78 is 0. The fraction of sp³-hybridized carbons (Fsp3) is 1.00. The fourth-order valence-corrected chi connectivity index (χ4v) is 0.578. The number of aliphatic hydroxyl groups is 1. The zero-order valence-electron chi connectivity index (χ0n) is 6.13. The van der Waals surface area contributed by atoms with Crippen LogP contribution in [0.15, 0.2) is 0 Å². The van der Waals surface area contributed by atoms with Gasteiger partial charge in [0.25, 0.3) is 0 Å². The lowest BCUT2D eigenvalue weighted by Crippen LogP contribution is -2.20. The van der Waals surface area contributed by atoms with E-state index in [0.717, 1.165) is 13.0 Å². The van der Waals surface area contributed by atoms with Gasteiger partial charge in [-0.2, -0.15) is 5.06 Å². The smallest absolute Gasteiger partial charge is 0.0656 e. The van der Waals surface area contributed by atoms with E-state index >= 15 is 0 Å². The van der Waals surface area contributed by atoms with Gasteiger partial charge >= 0.3 is 0 Å². The molecule has 0 spiro atoms. The summed E-state index contributed by atoms with van der Waals surface area (Å²) in [4.78, 5) is 5.07. The van der Waals surface area contributed by atoms with Crippen molar-refractivity contribution in [2.45, 2.75) is 13.3 Å². The van der Waals surface area contributed by atoms with Crippen LogP contribution in [0.2, 0.25) is 0 Å². The van der Waals surface area contributed by atoms with Gasteiger partial charge in [0.1, 0.15) is 0 Å². The van der Waals surface area contributed by atoms with E-state index in [-0.39, 0.29) is 6.61 Å². The summed E-state index contributed by atoms with van der Waals surface area (Å²) >= 11 is 0. The van der Waals surface area contributed by atoms with Crippen LogP contribution >= 0.6 is 0 Å². The Bertz CT molecular complexity index is 59.0. The van der Waals surface area contributed by atoms with E-state index in [1.165, 1.54) is 0 Å². The number of aliphatic hydroxyl groups excluding tert-OH is 1. The molecule has 3 nitrogen and oxygen atoms in total. The second-order valence-electron chi connectivity index (χ2n) is 1.85. The van der Waals surface area contributed by atoms with Gasteiger partial charge in [0.15, 0.2) is 0 Å². The van der Waals surface area contributed by atoms with Crippen molar-refractivity contribution in [1.82, 2.24) is 5.06 Å². The molecule has 0 saturated carbocycles. The van der Waals surface area contributed by atoms with Gasteiger partial charge in [0.05, 0.1) is 6.61 Å². The molecule has 1 N–H and O–H groups in total. The quantitative estimate of drug-likeness (QED) is 0.546. The maximum Gasteiger partial charge on any atom is 0.0656 e. The average Bonchev–Trinajstić information content (AvgIpc) is 1.85. The van der Waals surface area contributed by atoms with Crippen molar-refractivity contribution in [3.05, 3.63) is 0 Å². The summed E-state index contributed by atoms with van der Waals surface area (Å²) in [6, 6.07) is 0. The van der Waals surface area contributed by atoms with Gasteiger partial charge in [-0.25, -0.2) is 0 Å². The van der Waals surface area contributed by atoms with Crippen LogP contribution in [0.3, 0.4) is 0 Å². The van der Waals surface area contributed by atoms with E-state index in [4.69, 9.17) is 9.94 Å². The number of hydrogen-bond donors (Lipinski definition) is 1. The molecule has 0 fully saturated rings. The summed E-state index contributed by atoms with van der Waals surface area (Å²) in [5, 5.41) is 10.1. The monoisotopic (exact) mass is 133 g/mol. The molecule has 0 atom stereocenters. The highest BCUT2D eigenvalue weighted by molar-refractivity contribution is 4.36. The van der Waals surface area contributed by atoms with Crippen molar-refractivity contribution in [1.29, 1.82) is 0 Å². The van der Waals surface area contributed by atoms with Crippen molar-refractivity contribution >= 4 is 0 Å². The first-order chi connectivity index (χ1) is 4.31. The zero-order valence-corrected chi connectivity index (χ0v) is 6.13. The molecule has 0 radical (unpaired) electrons. The molecule has 3 heteroatoms. The van der Waals surface area contributed by atoms with E-state index in [9.17, 15) is 0 Å². The topological polar surface area (TPSA) is 32.7 Å². The van der Waals surface area contributed by atoms with Crippen LogP contribution in [0.25, 0.3) is 0 Å². The molecule has 0 aromatic carbocycles. The van der Waals surface area contributed by atoms with Gasteiger partial charge < -0.3 is 5.11 Å². The van der Waals surface area contributed by atoms with Gasteiger partial charge in [-0.05, 0) is 13.3 Å². The number of hydroxylamine groups is 2. The molecule has 0 bridgehead atoms. The predicted octanol–water partition coefficient (Wildman–Crippen LogP) is 0.252. The van der Waals surface area contributed by atoms with Crippen LogP contribution in [0.1, 0.15) is 13.3 Å².